The van der Waals surface area contributed by atoms with Gasteiger partial charge >= 0.3 is 6.09 Å². The van der Waals surface area contributed by atoms with E-state index in [1.807, 2.05) is 50.8 Å². The Morgan fingerprint density at radius 1 is 1.04 bits per heavy atom. The third kappa shape index (κ3) is 6.45. The molecule has 1 aliphatic rings. The first-order valence-corrected chi connectivity index (χ1v) is 9.77. The number of piperazine rings is 1. The third-order valence-corrected chi connectivity index (χ3v) is 4.62. The Labute approximate surface area is 162 Å². The molecule has 1 fully saturated rings. The highest BCUT2D eigenvalue weighted by Crippen LogP contribution is 2.22. The smallest absolute Gasteiger partial charge is 0.409 e. The van der Waals surface area contributed by atoms with Crippen molar-refractivity contribution >= 4 is 12.0 Å². The van der Waals surface area contributed by atoms with Gasteiger partial charge in [0.05, 0.1) is 13.2 Å². The first kappa shape index (κ1) is 21.1. The molecular formula is C21H32N2O4. The van der Waals surface area contributed by atoms with E-state index in [4.69, 9.17) is 9.47 Å². The van der Waals surface area contributed by atoms with Crippen LogP contribution in [0.5, 0.6) is 5.75 Å². The maximum absolute atomic E-state index is 12.4. The number of hydrogen-bond donors (Lipinski definition) is 0. The van der Waals surface area contributed by atoms with Gasteiger partial charge in [-0.15, -0.1) is 0 Å². The van der Waals surface area contributed by atoms with Crippen LogP contribution in [-0.2, 0) is 9.53 Å². The number of ether oxygens (including phenoxy) is 2. The van der Waals surface area contributed by atoms with E-state index in [2.05, 4.69) is 0 Å². The average Bonchev–Trinajstić information content (AvgIpc) is 2.65. The summed E-state index contributed by atoms with van der Waals surface area (Å²) in [6.45, 7) is 11.2. The minimum absolute atomic E-state index is 0.121. The number of hydrogen-bond acceptors (Lipinski definition) is 4. The summed E-state index contributed by atoms with van der Waals surface area (Å²) >= 11 is 0. The average molecular weight is 376 g/mol. The van der Waals surface area contributed by atoms with Crippen LogP contribution in [0.15, 0.2) is 18.2 Å². The van der Waals surface area contributed by atoms with E-state index >= 15 is 0 Å². The molecule has 0 unspecified atom stereocenters. The fourth-order valence-corrected chi connectivity index (χ4v) is 3.05. The second-order valence-corrected chi connectivity index (χ2v) is 7.51. The molecule has 1 aromatic rings. The van der Waals surface area contributed by atoms with Crippen LogP contribution in [0.1, 0.15) is 37.8 Å². The zero-order valence-corrected chi connectivity index (χ0v) is 17.0. The van der Waals surface area contributed by atoms with Crippen molar-refractivity contribution < 1.29 is 19.1 Å². The van der Waals surface area contributed by atoms with Crippen molar-refractivity contribution in [3.63, 3.8) is 0 Å². The van der Waals surface area contributed by atoms with Crippen molar-refractivity contribution in [2.24, 2.45) is 5.92 Å². The quantitative estimate of drug-likeness (QED) is 0.685. The predicted molar refractivity (Wildman–Crippen MR) is 105 cm³/mol. The monoisotopic (exact) mass is 376 g/mol. The topological polar surface area (TPSA) is 59.1 Å². The summed E-state index contributed by atoms with van der Waals surface area (Å²) in [4.78, 5) is 27.8. The lowest BCUT2D eigenvalue weighted by Gasteiger charge is -2.34. The van der Waals surface area contributed by atoms with Gasteiger partial charge in [-0.1, -0.05) is 32.0 Å². The fraction of sp³-hybridized carbons (Fsp3) is 0.619. The minimum Gasteiger partial charge on any atom is -0.493 e. The molecule has 0 spiro atoms. The van der Waals surface area contributed by atoms with Gasteiger partial charge in [-0.25, -0.2) is 4.79 Å². The highest BCUT2D eigenvalue weighted by atomic mass is 16.6. The molecule has 0 radical (unpaired) electrons. The predicted octanol–water partition coefficient (Wildman–Crippen LogP) is 3.40. The van der Waals surface area contributed by atoms with Crippen molar-refractivity contribution in [2.75, 3.05) is 39.4 Å². The van der Waals surface area contributed by atoms with E-state index in [-0.39, 0.29) is 12.0 Å². The van der Waals surface area contributed by atoms with E-state index in [0.29, 0.717) is 58.2 Å². The number of amides is 2. The Kier molecular flexibility index (Phi) is 7.95. The maximum atomic E-state index is 12.4. The van der Waals surface area contributed by atoms with Crippen molar-refractivity contribution in [3.8, 4) is 5.75 Å². The second kappa shape index (κ2) is 10.2. The molecule has 1 saturated heterocycles. The molecule has 6 heteroatoms. The van der Waals surface area contributed by atoms with Crippen LogP contribution in [0.25, 0.3) is 0 Å². The van der Waals surface area contributed by atoms with Crippen LogP contribution in [0.4, 0.5) is 4.79 Å². The van der Waals surface area contributed by atoms with Crippen LogP contribution >= 0.6 is 0 Å². The number of carbonyl (C=O) groups excluding carboxylic acids is 2. The summed E-state index contributed by atoms with van der Waals surface area (Å²) in [6.07, 6.45) is 0.865. The van der Waals surface area contributed by atoms with Crippen LogP contribution in [0, 0.1) is 19.8 Å². The summed E-state index contributed by atoms with van der Waals surface area (Å²) in [7, 11) is 0. The van der Waals surface area contributed by atoms with Gasteiger partial charge in [0.1, 0.15) is 5.75 Å². The molecule has 1 heterocycles. The molecule has 0 N–H and O–H groups in total. The van der Waals surface area contributed by atoms with Gasteiger partial charge in [0.2, 0.25) is 5.91 Å². The SMILES string of the molecule is Cc1cccc(C)c1OCCCC(=O)N1CCN(C(=O)OCC(C)C)CC1. The molecular weight excluding hydrogens is 344 g/mol. The first-order valence-electron chi connectivity index (χ1n) is 9.77. The maximum Gasteiger partial charge on any atom is 0.409 e. The van der Waals surface area contributed by atoms with E-state index in [1.54, 1.807) is 4.90 Å². The van der Waals surface area contributed by atoms with Gasteiger partial charge in [0.25, 0.3) is 0 Å². The molecule has 0 saturated carbocycles. The number of carbonyl (C=O) groups is 2. The number of aryl methyl sites for hydroxylation is 2. The van der Waals surface area contributed by atoms with Gasteiger partial charge < -0.3 is 19.3 Å². The summed E-state index contributed by atoms with van der Waals surface area (Å²) in [5.74, 6) is 1.36. The van der Waals surface area contributed by atoms with Crippen molar-refractivity contribution in [2.45, 2.75) is 40.5 Å². The Bertz CT molecular complexity index is 617. The van der Waals surface area contributed by atoms with Crippen molar-refractivity contribution in [1.82, 2.24) is 9.80 Å². The summed E-state index contributed by atoms with van der Waals surface area (Å²) < 4.78 is 11.1. The van der Waals surface area contributed by atoms with Gasteiger partial charge in [-0.3, -0.25) is 4.79 Å². The Morgan fingerprint density at radius 3 is 2.22 bits per heavy atom. The summed E-state index contributed by atoms with van der Waals surface area (Å²) in [5.41, 5.74) is 2.23. The third-order valence-electron chi connectivity index (χ3n) is 4.62. The number of nitrogens with zero attached hydrogens (tertiary/aromatic N) is 2. The summed E-state index contributed by atoms with van der Waals surface area (Å²) in [6, 6.07) is 6.07. The highest BCUT2D eigenvalue weighted by molar-refractivity contribution is 5.76. The lowest BCUT2D eigenvalue weighted by molar-refractivity contribution is -0.133. The molecule has 0 bridgehead atoms. The second-order valence-electron chi connectivity index (χ2n) is 7.51. The zero-order chi connectivity index (χ0) is 19.8. The van der Waals surface area contributed by atoms with Gasteiger partial charge in [0, 0.05) is 32.6 Å². The van der Waals surface area contributed by atoms with Crippen molar-refractivity contribution in [3.05, 3.63) is 29.3 Å². The fourth-order valence-electron chi connectivity index (χ4n) is 3.05. The Hall–Kier alpha value is -2.24. The molecule has 27 heavy (non-hydrogen) atoms. The van der Waals surface area contributed by atoms with Gasteiger partial charge in [-0.05, 0) is 37.3 Å². The lowest BCUT2D eigenvalue weighted by atomic mass is 10.1. The molecule has 0 atom stereocenters. The van der Waals surface area contributed by atoms with Crippen molar-refractivity contribution in [1.29, 1.82) is 0 Å². The van der Waals surface area contributed by atoms with E-state index < -0.39 is 0 Å². The normalized spacial score (nSPS) is 14.4. The van der Waals surface area contributed by atoms with Crippen LogP contribution < -0.4 is 4.74 Å². The molecule has 0 aromatic heterocycles. The van der Waals surface area contributed by atoms with E-state index in [0.717, 1.165) is 16.9 Å². The highest BCUT2D eigenvalue weighted by Gasteiger charge is 2.24. The number of benzene rings is 1. The largest absolute Gasteiger partial charge is 0.493 e. The standard InChI is InChI=1S/C21H32N2O4/c1-16(2)15-27-21(25)23-12-10-22(11-13-23)19(24)9-6-14-26-20-17(3)7-5-8-18(20)4/h5,7-8,16H,6,9-15H2,1-4H3. The molecule has 150 valence electrons. The molecule has 0 aliphatic carbocycles. The van der Waals surface area contributed by atoms with Crippen LogP contribution in [-0.4, -0.2) is 61.2 Å². The Morgan fingerprint density at radius 2 is 1.63 bits per heavy atom. The van der Waals surface area contributed by atoms with Crippen LogP contribution in [0.2, 0.25) is 0 Å². The lowest BCUT2D eigenvalue weighted by Crippen LogP contribution is -2.50. The van der Waals surface area contributed by atoms with Gasteiger partial charge in [-0.2, -0.15) is 0 Å². The molecule has 1 aliphatic heterocycles. The van der Waals surface area contributed by atoms with E-state index in [1.165, 1.54) is 0 Å². The van der Waals surface area contributed by atoms with Gasteiger partial charge in [0.15, 0.2) is 0 Å². The molecule has 2 amide bonds. The zero-order valence-electron chi connectivity index (χ0n) is 17.0. The number of rotatable bonds is 7. The minimum atomic E-state index is -0.280. The summed E-state index contributed by atoms with van der Waals surface area (Å²) in [5, 5.41) is 0. The van der Waals surface area contributed by atoms with Crippen LogP contribution in [0.3, 0.4) is 0 Å². The molecule has 1 aromatic carbocycles. The Balaban J connectivity index is 1.67. The molecule has 6 nitrogen and oxygen atoms in total. The molecule has 2 rings (SSSR count). The first-order chi connectivity index (χ1) is 12.9. The number of para-hydroxylation sites is 1. The van der Waals surface area contributed by atoms with E-state index in [9.17, 15) is 9.59 Å².